The normalized spacial score (nSPS) is 16.4. The molecule has 0 aliphatic carbocycles. The molecule has 0 atom stereocenters. The molecule has 0 spiro atoms. The fourth-order valence-corrected chi connectivity index (χ4v) is 0.279. The largest absolute Gasteiger partial charge is 0.412 e. The second-order valence-electron chi connectivity index (χ2n) is 1.07. The van der Waals surface area contributed by atoms with Crippen LogP contribution in [-0.4, -0.2) is 25.5 Å². The summed E-state index contributed by atoms with van der Waals surface area (Å²) in [6, 6.07) is 0. The Morgan fingerprint density at radius 1 is 1.11 bits per heavy atom. The number of rotatable bonds is 0. The summed E-state index contributed by atoms with van der Waals surface area (Å²) in [4.78, 5) is 16.7. The molecule has 0 aromatic rings. The Balaban J connectivity index is 0. The first kappa shape index (κ1) is 11.3. The van der Waals surface area contributed by atoms with E-state index < -0.39 is 0 Å². The minimum Gasteiger partial charge on any atom is -0.412 e. The van der Waals surface area contributed by atoms with Crippen molar-refractivity contribution in [3.8, 4) is 0 Å². The van der Waals surface area contributed by atoms with E-state index in [0.29, 0.717) is 13.2 Å². The molecule has 1 heterocycles. The Morgan fingerprint density at radius 2 is 1.56 bits per heavy atom. The fourth-order valence-electron chi connectivity index (χ4n) is 0.279. The Hall–Kier alpha value is -0.490. The summed E-state index contributed by atoms with van der Waals surface area (Å²) in [5.41, 5.74) is 0. The molecule has 9 heavy (non-hydrogen) atoms. The van der Waals surface area contributed by atoms with Crippen LogP contribution in [0.3, 0.4) is 0 Å². The lowest BCUT2D eigenvalue weighted by Crippen LogP contribution is -2.08. The first-order valence-electron chi connectivity index (χ1n) is 2.20. The Kier molecular flexibility index (Phi) is 13.2. The molecule has 0 aromatic carbocycles. The second-order valence-corrected chi connectivity index (χ2v) is 1.07. The van der Waals surface area contributed by atoms with Crippen LogP contribution in [0.4, 0.5) is 0 Å². The van der Waals surface area contributed by atoms with E-state index >= 15 is 0 Å². The molecule has 1 aliphatic rings. The van der Waals surface area contributed by atoms with E-state index in [4.69, 9.17) is 4.79 Å². The van der Waals surface area contributed by atoms with Gasteiger partial charge in [0.05, 0.1) is 13.2 Å². The van der Waals surface area contributed by atoms with Crippen LogP contribution in [0.1, 0.15) is 6.42 Å². The first-order valence-corrected chi connectivity index (χ1v) is 2.20. The van der Waals surface area contributed by atoms with Gasteiger partial charge < -0.3 is 10.3 Å². The fraction of sp³-hybridized carbons (Fsp3) is 0.750. The van der Waals surface area contributed by atoms with Gasteiger partial charge in [0, 0.05) is 6.42 Å². The van der Waals surface area contributed by atoms with E-state index in [1.807, 2.05) is 6.79 Å². The number of carbonyl (C=O) groups excluding carboxylic acids is 1. The SMILES string of the molecule is C1COOOC1.C=O.O. The third-order valence-corrected chi connectivity index (χ3v) is 0.552. The molecule has 0 amide bonds. The van der Waals surface area contributed by atoms with Crippen molar-refractivity contribution >= 4 is 6.79 Å². The quantitative estimate of drug-likeness (QED) is 0.413. The molecule has 5 heteroatoms. The maximum Gasteiger partial charge on any atom is 0.106 e. The lowest BCUT2D eigenvalue weighted by molar-refractivity contribution is -0.532. The van der Waals surface area contributed by atoms with Crippen molar-refractivity contribution in [2.24, 2.45) is 0 Å². The van der Waals surface area contributed by atoms with Crippen molar-refractivity contribution in [2.45, 2.75) is 6.42 Å². The van der Waals surface area contributed by atoms with Gasteiger partial charge in [0.1, 0.15) is 6.79 Å². The van der Waals surface area contributed by atoms with Crippen LogP contribution in [0.5, 0.6) is 0 Å². The summed E-state index contributed by atoms with van der Waals surface area (Å²) in [6.45, 7) is 3.31. The molecule has 0 bridgehead atoms. The summed E-state index contributed by atoms with van der Waals surface area (Å²) in [6.07, 6.45) is 0.931. The second kappa shape index (κ2) is 10.5. The zero-order valence-electron chi connectivity index (χ0n) is 4.96. The van der Waals surface area contributed by atoms with E-state index in [-0.39, 0.29) is 5.48 Å². The summed E-state index contributed by atoms with van der Waals surface area (Å²) in [5.74, 6) is 0. The number of hydrogen-bond acceptors (Lipinski definition) is 4. The lowest BCUT2D eigenvalue weighted by Gasteiger charge is -2.06. The highest BCUT2D eigenvalue weighted by molar-refractivity contribution is 5.10. The van der Waals surface area contributed by atoms with Gasteiger partial charge in [0.15, 0.2) is 0 Å². The Bertz CT molecular complexity index is 32.7. The van der Waals surface area contributed by atoms with Crippen molar-refractivity contribution in [1.29, 1.82) is 0 Å². The van der Waals surface area contributed by atoms with E-state index in [1.54, 1.807) is 0 Å². The highest BCUT2D eigenvalue weighted by Gasteiger charge is 1.96. The van der Waals surface area contributed by atoms with Crippen LogP contribution < -0.4 is 0 Å². The van der Waals surface area contributed by atoms with E-state index in [9.17, 15) is 0 Å². The summed E-state index contributed by atoms with van der Waals surface area (Å²) < 4.78 is 0. The molecule has 0 saturated carbocycles. The molecule has 0 radical (unpaired) electrons. The van der Waals surface area contributed by atoms with Gasteiger partial charge in [0.2, 0.25) is 0 Å². The minimum atomic E-state index is 0. The van der Waals surface area contributed by atoms with Crippen molar-refractivity contribution in [1.82, 2.24) is 0 Å². The predicted molar refractivity (Wildman–Crippen MR) is 28.3 cm³/mol. The van der Waals surface area contributed by atoms with Gasteiger partial charge in [-0.05, 0) is 0 Å². The van der Waals surface area contributed by atoms with Gasteiger partial charge in [-0.25, -0.2) is 9.78 Å². The average Bonchev–Trinajstić information content (AvgIpc) is 1.96. The molecule has 56 valence electrons. The molecular formula is C4H10O5. The first-order chi connectivity index (χ1) is 4.00. The van der Waals surface area contributed by atoms with Gasteiger partial charge in [-0.3, -0.25) is 0 Å². The smallest absolute Gasteiger partial charge is 0.106 e. The third-order valence-electron chi connectivity index (χ3n) is 0.552. The molecule has 1 rings (SSSR count). The maximum atomic E-state index is 8.00. The number of carbonyl (C=O) groups is 1. The summed E-state index contributed by atoms with van der Waals surface area (Å²) in [5, 5.41) is 4.07. The maximum absolute atomic E-state index is 8.00. The predicted octanol–water partition coefficient (Wildman–Crippen LogP) is -0.740. The molecule has 0 aromatic heterocycles. The van der Waals surface area contributed by atoms with Gasteiger partial charge in [-0.15, -0.1) is 0 Å². The summed E-state index contributed by atoms with van der Waals surface area (Å²) in [7, 11) is 0. The molecule has 1 aliphatic heterocycles. The van der Waals surface area contributed by atoms with Crippen molar-refractivity contribution in [2.75, 3.05) is 13.2 Å². The van der Waals surface area contributed by atoms with Crippen molar-refractivity contribution in [3.05, 3.63) is 0 Å². The van der Waals surface area contributed by atoms with Gasteiger partial charge in [-0.2, -0.15) is 0 Å². The third kappa shape index (κ3) is 7.51. The van der Waals surface area contributed by atoms with E-state index in [1.165, 1.54) is 0 Å². The van der Waals surface area contributed by atoms with Gasteiger partial charge >= 0.3 is 0 Å². The molecular weight excluding hydrogens is 128 g/mol. The molecule has 0 unspecified atom stereocenters. The van der Waals surface area contributed by atoms with Gasteiger partial charge in [-0.1, -0.05) is 5.04 Å². The van der Waals surface area contributed by atoms with Crippen LogP contribution in [0, 0.1) is 0 Å². The Labute approximate surface area is 52.7 Å². The zero-order chi connectivity index (χ0) is 6.24. The molecule has 2 N–H and O–H groups in total. The van der Waals surface area contributed by atoms with Crippen molar-refractivity contribution in [3.63, 3.8) is 0 Å². The molecule has 1 fully saturated rings. The van der Waals surface area contributed by atoms with Crippen LogP contribution in [0.25, 0.3) is 0 Å². The van der Waals surface area contributed by atoms with E-state index in [2.05, 4.69) is 14.8 Å². The van der Waals surface area contributed by atoms with Crippen molar-refractivity contribution < 1.29 is 25.1 Å². The molecule has 5 nitrogen and oxygen atoms in total. The van der Waals surface area contributed by atoms with Crippen LogP contribution in [-0.2, 0) is 19.6 Å². The van der Waals surface area contributed by atoms with Gasteiger partial charge in [0.25, 0.3) is 0 Å². The van der Waals surface area contributed by atoms with Crippen LogP contribution >= 0.6 is 0 Å². The van der Waals surface area contributed by atoms with Crippen LogP contribution in [0.15, 0.2) is 0 Å². The standard InChI is InChI=1S/C3H6O3.CH2O.H2O/c1-2-4-6-5-3-1;1-2;/h1-3H2;1H2;1H2. The summed E-state index contributed by atoms with van der Waals surface area (Å²) >= 11 is 0. The minimum absolute atomic E-state index is 0. The van der Waals surface area contributed by atoms with E-state index in [0.717, 1.165) is 6.42 Å². The monoisotopic (exact) mass is 138 g/mol. The topological polar surface area (TPSA) is 76.3 Å². The average molecular weight is 138 g/mol. The molecule has 1 saturated heterocycles. The number of hydrogen-bond donors (Lipinski definition) is 0. The Morgan fingerprint density at radius 3 is 1.67 bits per heavy atom. The zero-order valence-corrected chi connectivity index (χ0v) is 4.96. The highest BCUT2D eigenvalue weighted by Crippen LogP contribution is 1.93. The highest BCUT2D eigenvalue weighted by atomic mass is 17.5. The lowest BCUT2D eigenvalue weighted by atomic mass is 10.5. The van der Waals surface area contributed by atoms with Crippen LogP contribution in [0.2, 0.25) is 0 Å².